The van der Waals surface area contributed by atoms with Crippen molar-refractivity contribution < 1.29 is 14.3 Å². The molecule has 1 aliphatic rings. The molecular formula is C37H44N4O3S. The van der Waals surface area contributed by atoms with E-state index in [-0.39, 0.29) is 17.9 Å². The topological polar surface area (TPSA) is 83.6 Å². The number of hydrogen-bond donors (Lipinski definition) is 2. The molecule has 1 aliphatic heterocycles. The summed E-state index contributed by atoms with van der Waals surface area (Å²) in [5, 5.41) is 9.38. The summed E-state index contributed by atoms with van der Waals surface area (Å²) < 4.78 is 5.25. The average molecular weight is 625 g/mol. The van der Waals surface area contributed by atoms with Crippen molar-refractivity contribution in [2.45, 2.75) is 52.1 Å². The Kier molecular flexibility index (Phi) is 14.8. The fourth-order valence-corrected chi connectivity index (χ4v) is 5.93. The molecule has 3 aromatic carbocycles. The number of nitrogens with zero attached hydrogens (tertiary/aromatic N) is 2. The maximum absolute atomic E-state index is 13.4. The Labute approximate surface area is 272 Å². The van der Waals surface area contributed by atoms with E-state index in [1.54, 1.807) is 42.7 Å². The Bertz CT molecular complexity index is 1500. The maximum Gasteiger partial charge on any atom is 0.254 e. The van der Waals surface area contributed by atoms with Gasteiger partial charge in [0.15, 0.2) is 0 Å². The number of carbonyl (C=O) groups excluding carboxylic acids is 2. The summed E-state index contributed by atoms with van der Waals surface area (Å²) in [7, 11) is 1.66. The number of carbonyl (C=O) groups is 2. The molecule has 236 valence electrons. The molecule has 1 aromatic heterocycles. The second-order valence-electron chi connectivity index (χ2n) is 10.7. The van der Waals surface area contributed by atoms with E-state index in [1.807, 2.05) is 53.6 Å². The molecule has 2 amide bonds. The summed E-state index contributed by atoms with van der Waals surface area (Å²) in [5.74, 6) is 0.642. The van der Waals surface area contributed by atoms with Crippen molar-refractivity contribution in [3.8, 4) is 18.6 Å². The molecule has 2 N–H and O–H groups in total. The van der Waals surface area contributed by atoms with Crippen LogP contribution in [0.2, 0.25) is 0 Å². The smallest absolute Gasteiger partial charge is 0.254 e. The van der Waals surface area contributed by atoms with Gasteiger partial charge < -0.3 is 20.3 Å². The highest BCUT2D eigenvalue weighted by Crippen LogP contribution is 2.33. The van der Waals surface area contributed by atoms with Crippen LogP contribution in [0.25, 0.3) is 0 Å². The number of methoxy groups -OCH3 is 1. The first kappa shape index (κ1) is 35.0. The monoisotopic (exact) mass is 624 g/mol. The van der Waals surface area contributed by atoms with Gasteiger partial charge in [0, 0.05) is 41.8 Å². The lowest BCUT2D eigenvalue weighted by Crippen LogP contribution is -2.38. The van der Waals surface area contributed by atoms with Crippen molar-refractivity contribution in [1.82, 2.24) is 20.5 Å². The minimum absolute atomic E-state index is 0.00639. The first-order valence-electron chi connectivity index (χ1n) is 15.2. The molecule has 0 bridgehead atoms. The van der Waals surface area contributed by atoms with Crippen molar-refractivity contribution in [3.05, 3.63) is 117 Å². The van der Waals surface area contributed by atoms with E-state index in [2.05, 4.69) is 53.6 Å². The van der Waals surface area contributed by atoms with Crippen LogP contribution in [0.15, 0.2) is 84.2 Å². The van der Waals surface area contributed by atoms with Crippen molar-refractivity contribution in [3.63, 3.8) is 0 Å². The third kappa shape index (κ3) is 11.2. The van der Waals surface area contributed by atoms with Crippen LogP contribution in [-0.2, 0) is 6.54 Å². The zero-order chi connectivity index (χ0) is 32.4. The molecule has 5 rings (SSSR count). The molecule has 8 heteroatoms. The summed E-state index contributed by atoms with van der Waals surface area (Å²) in [6, 6.07) is 25.3. The molecule has 0 saturated carbocycles. The van der Waals surface area contributed by atoms with Crippen LogP contribution in [0.3, 0.4) is 0 Å². The second kappa shape index (κ2) is 19.0. The molecule has 1 saturated heterocycles. The van der Waals surface area contributed by atoms with E-state index in [1.165, 1.54) is 5.56 Å². The third-order valence-electron chi connectivity index (χ3n) is 7.28. The predicted octanol–water partition coefficient (Wildman–Crippen LogP) is 6.98. The molecule has 0 unspecified atom stereocenters. The molecule has 0 aliphatic carbocycles. The summed E-state index contributed by atoms with van der Waals surface area (Å²) in [4.78, 5) is 32.7. The van der Waals surface area contributed by atoms with Crippen molar-refractivity contribution in [1.29, 1.82) is 0 Å². The highest BCUT2D eigenvalue weighted by molar-refractivity contribution is 7.09. The van der Waals surface area contributed by atoms with Gasteiger partial charge in [-0.1, -0.05) is 54.1 Å². The lowest BCUT2D eigenvalue weighted by Gasteiger charge is -2.34. The van der Waals surface area contributed by atoms with Crippen molar-refractivity contribution >= 4 is 23.2 Å². The van der Waals surface area contributed by atoms with Gasteiger partial charge in [-0.3, -0.25) is 9.59 Å². The van der Waals surface area contributed by atoms with Crippen molar-refractivity contribution in [2.24, 2.45) is 0 Å². The molecule has 4 aromatic rings. The number of aromatic nitrogens is 1. The van der Waals surface area contributed by atoms with E-state index >= 15 is 0 Å². The number of hydrogen-bond acceptors (Lipinski definition) is 6. The number of rotatable bonds is 10. The predicted molar refractivity (Wildman–Crippen MR) is 184 cm³/mol. The van der Waals surface area contributed by atoms with Gasteiger partial charge in [-0.2, -0.15) is 0 Å². The SMILES string of the molecule is C#C.COc1cccc(CNCCCNC(=O)c2cccc(C(=O)N3CCCC[C@@H]3c3nc(C)cs3)c2)c1.Cc1ccccc1. The summed E-state index contributed by atoms with van der Waals surface area (Å²) in [6.45, 7) is 6.85. The zero-order valence-electron chi connectivity index (χ0n) is 26.5. The molecule has 0 radical (unpaired) electrons. The van der Waals surface area contributed by atoms with Gasteiger partial charge in [0.05, 0.1) is 13.2 Å². The molecule has 2 heterocycles. The number of nitrogens with one attached hydrogen (secondary N) is 2. The lowest BCUT2D eigenvalue weighted by molar-refractivity contribution is 0.0611. The quantitative estimate of drug-likeness (QED) is 0.147. The number of aryl methyl sites for hydroxylation is 2. The van der Waals surface area contributed by atoms with Crippen LogP contribution in [-0.4, -0.2) is 48.4 Å². The number of piperidine rings is 1. The van der Waals surface area contributed by atoms with E-state index in [4.69, 9.17) is 4.74 Å². The van der Waals surface area contributed by atoms with Gasteiger partial charge >= 0.3 is 0 Å². The van der Waals surface area contributed by atoms with E-state index in [0.717, 1.165) is 60.8 Å². The lowest BCUT2D eigenvalue weighted by atomic mass is 10.0. The Morgan fingerprint density at radius 1 is 0.956 bits per heavy atom. The standard InChI is InChI=1S/C28H34N4O3S.C7H8.C2H2/c1-20-19-36-27(31-20)25-12-3-4-15-32(25)28(34)23-10-6-9-22(17-23)26(33)30-14-7-13-29-18-21-8-5-11-24(16-21)35-2;1-7-5-3-2-4-6-7;1-2/h5-6,8-11,16-17,19,25,29H,3-4,7,12-15,18H2,1-2H3,(H,30,33);2-6H,1H3;1-2H/t25-;;/m1../s1. The van der Waals surface area contributed by atoms with Crippen LogP contribution >= 0.6 is 11.3 Å². The van der Waals surface area contributed by atoms with Crippen LogP contribution in [0, 0.1) is 26.7 Å². The highest BCUT2D eigenvalue weighted by atomic mass is 32.1. The molecule has 7 nitrogen and oxygen atoms in total. The first-order valence-corrected chi connectivity index (χ1v) is 16.1. The average Bonchev–Trinajstić information content (AvgIpc) is 3.53. The Morgan fingerprint density at radius 3 is 2.40 bits per heavy atom. The van der Waals surface area contributed by atoms with Crippen LogP contribution in [0.5, 0.6) is 5.75 Å². The van der Waals surface area contributed by atoms with Crippen molar-refractivity contribution in [2.75, 3.05) is 26.7 Å². The minimum atomic E-state index is -0.164. The molecule has 0 spiro atoms. The van der Waals surface area contributed by atoms with Gasteiger partial charge in [-0.15, -0.1) is 24.2 Å². The fraction of sp³-hybridized carbons (Fsp3) is 0.324. The Balaban J connectivity index is 0.000000534. The summed E-state index contributed by atoms with van der Waals surface area (Å²) in [6.07, 6.45) is 11.8. The summed E-state index contributed by atoms with van der Waals surface area (Å²) in [5.41, 5.74) is 4.51. The van der Waals surface area contributed by atoms with E-state index in [0.29, 0.717) is 24.2 Å². The number of thiazole rings is 1. The molecule has 1 fully saturated rings. The van der Waals surface area contributed by atoms with Gasteiger partial charge in [-0.05, 0) is 82.0 Å². The number of terminal acetylenes is 1. The third-order valence-corrected chi connectivity index (χ3v) is 8.34. The van der Waals surface area contributed by atoms with Gasteiger partial charge in [0.2, 0.25) is 0 Å². The minimum Gasteiger partial charge on any atom is -0.497 e. The maximum atomic E-state index is 13.4. The highest BCUT2D eigenvalue weighted by Gasteiger charge is 2.30. The number of likely N-dealkylation sites (tertiary alicyclic amines) is 1. The largest absolute Gasteiger partial charge is 0.497 e. The van der Waals surface area contributed by atoms with Crippen LogP contribution < -0.4 is 15.4 Å². The van der Waals surface area contributed by atoms with Crippen LogP contribution in [0.4, 0.5) is 0 Å². The fourth-order valence-electron chi connectivity index (χ4n) is 4.98. The van der Waals surface area contributed by atoms with Gasteiger partial charge in [0.1, 0.15) is 10.8 Å². The normalized spacial score (nSPS) is 13.8. The van der Waals surface area contributed by atoms with E-state index in [9.17, 15) is 9.59 Å². The first-order chi connectivity index (χ1) is 21.9. The molecule has 45 heavy (non-hydrogen) atoms. The van der Waals surface area contributed by atoms with E-state index < -0.39 is 0 Å². The van der Waals surface area contributed by atoms with Crippen LogP contribution in [0.1, 0.15) is 74.3 Å². The second-order valence-corrected chi connectivity index (χ2v) is 11.6. The molecular weight excluding hydrogens is 580 g/mol. The zero-order valence-corrected chi connectivity index (χ0v) is 27.3. The summed E-state index contributed by atoms with van der Waals surface area (Å²) >= 11 is 1.62. The molecule has 1 atom stereocenters. The Morgan fingerprint density at radius 2 is 1.71 bits per heavy atom. The number of benzene rings is 3. The number of ether oxygens (including phenoxy) is 1. The number of amides is 2. The van der Waals surface area contributed by atoms with Gasteiger partial charge in [-0.25, -0.2) is 4.98 Å². The van der Waals surface area contributed by atoms with Gasteiger partial charge in [0.25, 0.3) is 11.8 Å². The Hall–Kier alpha value is -4.45.